The number of aliphatic hydroxyl groups is 1. The van der Waals surface area contributed by atoms with Crippen molar-refractivity contribution in [1.82, 2.24) is 25.1 Å². The third-order valence-corrected chi connectivity index (χ3v) is 4.91. The molecule has 0 atom stereocenters. The largest absolute Gasteiger partial charge is 0.497 e. The van der Waals surface area contributed by atoms with E-state index in [-0.39, 0.29) is 24.5 Å². The topological polar surface area (TPSA) is 93.4 Å². The van der Waals surface area contributed by atoms with Crippen LogP contribution in [0.1, 0.15) is 18.4 Å². The number of likely N-dealkylation sites (tertiary alicyclic amines) is 1. The third kappa shape index (κ3) is 4.14. The SMILES string of the molecule is COc1cccc(CC2(CO)CCN(C(=O)Cn3cnnn3)CC2)c1. The molecule has 1 N–H and O–H groups in total. The van der Waals surface area contributed by atoms with Gasteiger partial charge in [-0.25, -0.2) is 4.68 Å². The maximum Gasteiger partial charge on any atom is 0.244 e. The first-order valence-corrected chi connectivity index (χ1v) is 8.36. The predicted molar refractivity (Wildman–Crippen MR) is 89.8 cm³/mol. The summed E-state index contributed by atoms with van der Waals surface area (Å²) in [5.41, 5.74) is 0.944. The molecule has 1 fully saturated rings. The summed E-state index contributed by atoms with van der Waals surface area (Å²) in [6, 6.07) is 7.93. The minimum absolute atomic E-state index is 0.000204. The van der Waals surface area contributed by atoms with E-state index in [1.807, 2.05) is 23.1 Å². The van der Waals surface area contributed by atoms with Crippen molar-refractivity contribution >= 4 is 5.91 Å². The molecule has 25 heavy (non-hydrogen) atoms. The number of benzene rings is 1. The summed E-state index contributed by atoms with van der Waals surface area (Å²) in [4.78, 5) is 14.2. The number of carbonyl (C=O) groups is 1. The molecule has 1 saturated heterocycles. The molecule has 1 aromatic carbocycles. The lowest BCUT2D eigenvalue weighted by Gasteiger charge is -2.41. The first kappa shape index (κ1) is 17.3. The Bertz CT molecular complexity index is 696. The number of piperidine rings is 1. The lowest BCUT2D eigenvalue weighted by molar-refractivity contribution is -0.135. The summed E-state index contributed by atoms with van der Waals surface area (Å²) in [7, 11) is 1.65. The van der Waals surface area contributed by atoms with Crippen LogP contribution >= 0.6 is 0 Å². The monoisotopic (exact) mass is 345 g/mol. The summed E-state index contributed by atoms with van der Waals surface area (Å²) in [6.45, 7) is 1.52. The number of ether oxygens (including phenoxy) is 1. The number of aliphatic hydroxyl groups excluding tert-OH is 1. The average Bonchev–Trinajstić information content (AvgIpc) is 3.15. The Kier molecular flexibility index (Phi) is 5.28. The van der Waals surface area contributed by atoms with Gasteiger partial charge in [-0.3, -0.25) is 4.79 Å². The highest BCUT2D eigenvalue weighted by atomic mass is 16.5. The third-order valence-electron chi connectivity index (χ3n) is 4.91. The quantitative estimate of drug-likeness (QED) is 0.821. The molecule has 1 aliphatic rings. The van der Waals surface area contributed by atoms with Crippen LogP contribution in [-0.4, -0.2) is 62.9 Å². The molecule has 2 heterocycles. The van der Waals surface area contributed by atoms with Crippen molar-refractivity contribution in [2.75, 3.05) is 26.8 Å². The highest BCUT2D eigenvalue weighted by molar-refractivity contribution is 5.75. The minimum atomic E-state index is -0.196. The Labute approximate surface area is 146 Å². The van der Waals surface area contributed by atoms with E-state index >= 15 is 0 Å². The van der Waals surface area contributed by atoms with Crippen molar-refractivity contribution in [2.24, 2.45) is 5.41 Å². The number of carbonyl (C=O) groups excluding carboxylic acids is 1. The van der Waals surface area contributed by atoms with Gasteiger partial charge >= 0.3 is 0 Å². The summed E-state index contributed by atoms with van der Waals surface area (Å²) in [6.07, 6.45) is 3.74. The van der Waals surface area contributed by atoms with E-state index < -0.39 is 0 Å². The summed E-state index contributed by atoms with van der Waals surface area (Å²) in [5, 5.41) is 20.8. The molecule has 0 spiro atoms. The van der Waals surface area contributed by atoms with Crippen molar-refractivity contribution in [3.05, 3.63) is 36.2 Å². The fourth-order valence-electron chi connectivity index (χ4n) is 3.33. The summed E-state index contributed by atoms with van der Waals surface area (Å²) >= 11 is 0. The lowest BCUT2D eigenvalue weighted by Crippen LogP contribution is -2.46. The van der Waals surface area contributed by atoms with Crippen LogP contribution < -0.4 is 4.74 Å². The van der Waals surface area contributed by atoms with Crippen LogP contribution in [0.3, 0.4) is 0 Å². The Morgan fingerprint density at radius 3 is 2.80 bits per heavy atom. The van der Waals surface area contributed by atoms with Crippen LogP contribution in [0, 0.1) is 5.41 Å². The second-order valence-corrected chi connectivity index (χ2v) is 6.57. The molecule has 0 unspecified atom stereocenters. The number of hydrogen-bond acceptors (Lipinski definition) is 6. The van der Waals surface area contributed by atoms with E-state index in [1.165, 1.54) is 11.0 Å². The summed E-state index contributed by atoms with van der Waals surface area (Å²) in [5.74, 6) is 0.819. The normalized spacial score (nSPS) is 16.6. The summed E-state index contributed by atoms with van der Waals surface area (Å²) < 4.78 is 6.70. The molecule has 0 aliphatic carbocycles. The highest BCUT2D eigenvalue weighted by Gasteiger charge is 2.35. The van der Waals surface area contributed by atoms with Gasteiger partial charge in [-0.2, -0.15) is 0 Å². The zero-order valence-corrected chi connectivity index (χ0v) is 14.3. The van der Waals surface area contributed by atoms with Gasteiger partial charge in [0.25, 0.3) is 0 Å². The van der Waals surface area contributed by atoms with Crippen molar-refractivity contribution < 1.29 is 14.6 Å². The Hall–Kier alpha value is -2.48. The molecule has 0 saturated carbocycles. The van der Waals surface area contributed by atoms with Crippen molar-refractivity contribution in [3.8, 4) is 5.75 Å². The molecule has 134 valence electrons. The van der Waals surface area contributed by atoms with E-state index in [1.54, 1.807) is 7.11 Å². The van der Waals surface area contributed by atoms with Gasteiger partial charge in [-0.05, 0) is 47.4 Å². The Morgan fingerprint density at radius 2 is 2.16 bits per heavy atom. The first-order chi connectivity index (χ1) is 12.1. The van der Waals surface area contributed by atoms with Gasteiger partial charge in [0.2, 0.25) is 5.91 Å². The molecule has 8 heteroatoms. The van der Waals surface area contributed by atoms with Crippen molar-refractivity contribution in [3.63, 3.8) is 0 Å². The molecule has 1 aliphatic heterocycles. The van der Waals surface area contributed by atoms with Gasteiger partial charge in [-0.15, -0.1) is 5.10 Å². The van der Waals surface area contributed by atoms with Gasteiger partial charge in [0.05, 0.1) is 7.11 Å². The molecule has 1 amide bonds. The molecule has 3 rings (SSSR count). The first-order valence-electron chi connectivity index (χ1n) is 8.36. The van der Waals surface area contributed by atoms with Crippen molar-refractivity contribution in [2.45, 2.75) is 25.8 Å². The average molecular weight is 345 g/mol. The zero-order chi connectivity index (χ0) is 17.7. The van der Waals surface area contributed by atoms with E-state index in [4.69, 9.17) is 4.74 Å². The number of nitrogens with zero attached hydrogens (tertiary/aromatic N) is 5. The standard InChI is InChI=1S/C17H23N5O3/c1-25-15-4-2-3-14(9-15)10-17(12-23)5-7-21(8-6-17)16(24)11-22-13-18-19-20-22/h2-4,9,13,23H,5-8,10-12H2,1H3. The van der Waals surface area contributed by atoms with E-state index in [9.17, 15) is 9.90 Å². The van der Waals surface area contributed by atoms with Crippen LogP contribution in [0.25, 0.3) is 0 Å². The highest BCUT2D eigenvalue weighted by Crippen LogP contribution is 2.35. The molecule has 8 nitrogen and oxygen atoms in total. The number of tetrazole rings is 1. The fourth-order valence-corrected chi connectivity index (χ4v) is 3.33. The molecule has 0 bridgehead atoms. The maximum absolute atomic E-state index is 12.3. The Morgan fingerprint density at radius 1 is 1.36 bits per heavy atom. The van der Waals surface area contributed by atoms with Gasteiger partial charge in [-0.1, -0.05) is 12.1 Å². The molecule has 1 aromatic heterocycles. The predicted octanol–water partition coefficient (Wildman–Crippen LogP) is 0.525. The van der Waals surface area contributed by atoms with Crippen LogP contribution in [-0.2, 0) is 17.8 Å². The second kappa shape index (κ2) is 7.60. The van der Waals surface area contributed by atoms with Crippen LogP contribution in [0.5, 0.6) is 5.75 Å². The van der Waals surface area contributed by atoms with Crippen LogP contribution in [0.15, 0.2) is 30.6 Å². The fraction of sp³-hybridized carbons (Fsp3) is 0.529. The van der Waals surface area contributed by atoms with E-state index in [0.29, 0.717) is 13.1 Å². The van der Waals surface area contributed by atoms with Gasteiger partial charge in [0.1, 0.15) is 18.6 Å². The molecular formula is C17H23N5O3. The van der Waals surface area contributed by atoms with Crippen LogP contribution in [0.4, 0.5) is 0 Å². The number of rotatable bonds is 6. The molecule has 2 aromatic rings. The molecular weight excluding hydrogens is 322 g/mol. The number of aromatic nitrogens is 4. The maximum atomic E-state index is 12.3. The van der Waals surface area contributed by atoms with E-state index in [0.717, 1.165) is 30.6 Å². The van der Waals surface area contributed by atoms with Gasteiger partial charge in [0, 0.05) is 25.1 Å². The van der Waals surface area contributed by atoms with Gasteiger partial charge < -0.3 is 14.7 Å². The Balaban J connectivity index is 1.60. The smallest absolute Gasteiger partial charge is 0.244 e. The van der Waals surface area contributed by atoms with Crippen LogP contribution in [0.2, 0.25) is 0 Å². The number of hydrogen-bond donors (Lipinski definition) is 1. The second-order valence-electron chi connectivity index (χ2n) is 6.57. The van der Waals surface area contributed by atoms with Gasteiger partial charge in [0.15, 0.2) is 0 Å². The zero-order valence-electron chi connectivity index (χ0n) is 14.3. The number of amides is 1. The van der Waals surface area contributed by atoms with E-state index in [2.05, 4.69) is 21.6 Å². The minimum Gasteiger partial charge on any atom is -0.497 e. The molecule has 0 radical (unpaired) electrons. The van der Waals surface area contributed by atoms with Crippen molar-refractivity contribution in [1.29, 1.82) is 0 Å². The number of methoxy groups -OCH3 is 1. The lowest BCUT2D eigenvalue weighted by atomic mass is 9.74.